The van der Waals surface area contributed by atoms with Crippen molar-refractivity contribution in [2.75, 3.05) is 44.7 Å². The molecule has 0 spiro atoms. The summed E-state index contributed by atoms with van der Waals surface area (Å²) >= 11 is 0. The van der Waals surface area contributed by atoms with E-state index in [1.54, 1.807) is 18.2 Å². The van der Waals surface area contributed by atoms with E-state index in [1.807, 2.05) is 18.2 Å². The zero-order chi connectivity index (χ0) is 20.8. The van der Waals surface area contributed by atoms with Crippen LogP contribution in [0.25, 0.3) is 22.0 Å². The van der Waals surface area contributed by atoms with E-state index in [0.29, 0.717) is 23.3 Å². The number of morpholine rings is 1. The third-order valence-electron chi connectivity index (χ3n) is 5.51. The molecule has 4 rings (SSSR count). The molecule has 0 aliphatic carbocycles. The van der Waals surface area contributed by atoms with Crippen LogP contribution in [0.2, 0.25) is 0 Å². The highest BCUT2D eigenvalue weighted by atomic mass is 35.5. The summed E-state index contributed by atoms with van der Waals surface area (Å²) in [6, 6.07) is 12.2. The van der Waals surface area contributed by atoms with Gasteiger partial charge in [0, 0.05) is 30.6 Å². The molecule has 166 valence electrons. The number of nitrogens with zero attached hydrogens (tertiary/aromatic N) is 2. The van der Waals surface area contributed by atoms with Crippen molar-refractivity contribution < 1.29 is 9.13 Å². The van der Waals surface area contributed by atoms with E-state index in [9.17, 15) is 9.18 Å². The number of rotatable bonds is 8. The predicted molar refractivity (Wildman–Crippen MR) is 125 cm³/mol. The smallest absolute Gasteiger partial charge is 0.272 e. The fraction of sp³-hybridized carbons (Fsp3) is 0.391. The minimum atomic E-state index is -0.291. The number of unbranched alkanes of at least 4 members (excludes halogenated alkanes) is 2. The molecule has 0 saturated carbocycles. The number of hydrogen-bond acceptors (Lipinski definition) is 5. The number of nitrogens with one attached hydrogen (secondary N) is 2. The standard InChI is InChI=1S/C23H27FN4O2.ClH/c24-20-9-8-17(22-18-6-2-3-7-19(18)23(29)27-26-22)16-21(20)25-10-4-1-5-11-28-12-14-30-15-13-28;/h2-3,6-9,16,25H,1,4-5,10-15H2,(H,27,29);1H. The van der Waals surface area contributed by atoms with Crippen LogP contribution in [0, 0.1) is 5.82 Å². The molecule has 0 radical (unpaired) electrons. The van der Waals surface area contributed by atoms with E-state index in [1.165, 1.54) is 6.07 Å². The molecule has 1 saturated heterocycles. The average Bonchev–Trinajstić information content (AvgIpc) is 2.78. The summed E-state index contributed by atoms with van der Waals surface area (Å²) < 4.78 is 19.7. The molecule has 0 unspecified atom stereocenters. The Morgan fingerprint density at radius 2 is 1.84 bits per heavy atom. The summed E-state index contributed by atoms with van der Waals surface area (Å²) in [5.74, 6) is -0.291. The third kappa shape index (κ3) is 5.81. The molecule has 1 aliphatic heterocycles. The Bertz CT molecular complexity index is 1050. The van der Waals surface area contributed by atoms with Crippen LogP contribution in [-0.4, -0.2) is 54.5 Å². The molecule has 0 amide bonds. The number of benzene rings is 2. The van der Waals surface area contributed by atoms with Crippen molar-refractivity contribution >= 4 is 28.9 Å². The number of fused-ring (bicyclic) bond motifs is 1. The Labute approximate surface area is 187 Å². The highest BCUT2D eigenvalue weighted by Crippen LogP contribution is 2.27. The molecule has 3 aromatic rings. The van der Waals surface area contributed by atoms with Gasteiger partial charge in [-0.2, -0.15) is 5.10 Å². The van der Waals surface area contributed by atoms with Crippen molar-refractivity contribution in [3.63, 3.8) is 0 Å². The topological polar surface area (TPSA) is 70.2 Å². The molecule has 8 heteroatoms. The quantitative estimate of drug-likeness (QED) is 0.510. The van der Waals surface area contributed by atoms with E-state index < -0.39 is 0 Å². The Morgan fingerprint density at radius 3 is 2.65 bits per heavy atom. The van der Waals surface area contributed by atoms with Gasteiger partial charge in [-0.05, 0) is 43.7 Å². The van der Waals surface area contributed by atoms with Gasteiger partial charge >= 0.3 is 0 Å². The molecular weight excluding hydrogens is 419 g/mol. The van der Waals surface area contributed by atoms with Gasteiger partial charge in [0.15, 0.2) is 0 Å². The van der Waals surface area contributed by atoms with E-state index >= 15 is 0 Å². The second kappa shape index (κ2) is 11.2. The van der Waals surface area contributed by atoms with E-state index in [-0.39, 0.29) is 23.8 Å². The van der Waals surface area contributed by atoms with Crippen LogP contribution in [0.4, 0.5) is 10.1 Å². The van der Waals surface area contributed by atoms with Crippen molar-refractivity contribution in [2.24, 2.45) is 0 Å². The Morgan fingerprint density at radius 1 is 1.06 bits per heavy atom. The number of H-pyrrole nitrogens is 1. The summed E-state index contributed by atoms with van der Waals surface area (Å²) in [6.07, 6.45) is 3.21. The van der Waals surface area contributed by atoms with Crippen LogP contribution in [0.3, 0.4) is 0 Å². The average molecular weight is 447 g/mol. The molecule has 0 bridgehead atoms. The number of aromatic nitrogens is 2. The van der Waals surface area contributed by atoms with Crippen LogP contribution in [0.5, 0.6) is 0 Å². The first-order chi connectivity index (χ1) is 14.7. The van der Waals surface area contributed by atoms with Gasteiger partial charge in [-0.1, -0.05) is 24.6 Å². The van der Waals surface area contributed by atoms with Gasteiger partial charge in [0.05, 0.1) is 30.0 Å². The van der Waals surface area contributed by atoms with Gasteiger partial charge in [0.1, 0.15) is 5.82 Å². The Kier molecular flexibility index (Phi) is 8.40. The second-order valence-electron chi connectivity index (χ2n) is 7.58. The first-order valence-corrected chi connectivity index (χ1v) is 10.5. The molecule has 2 N–H and O–H groups in total. The van der Waals surface area contributed by atoms with Crippen LogP contribution >= 0.6 is 12.4 Å². The Hall–Kier alpha value is -2.48. The number of anilines is 1. The largest absolute Gasteiger partial charge is 0.383 e. The molecular formula is C23H28ClFN4O2. The highest BCUT2D eigenvalue weighted by Gasteiger charge is 2.12. The SMILES string of the molecule is Cl.O=c1[nH]nc(-c2ccc(F)c(NCCCCCN3CCOCC3)c2)c2ccccc12. The molecule has 1 aliphatic rings. The van der Waals surface area contributed by atoms with Crippen LogP contribution < -0.4 is 10.9 Å². The van der Waals surface area contributed by atoms with E-state index in [0.717, 1.165) is 63.1 Å². The highest BCUT2D eigenvalue weighted by molar-refractivity contribution is 5.94. The maximum atomic E-state index is 14.3. The fourth-order valence-corrected chi connectivity index (χ4v) is 3.83. The first kappa shape index (κ1) is 23.2. The summed E-state index contributed by atoms with van der Waals surface area (Å²) in [5, 5.41) is 11.3. The summed E-state index contributed by atoms with van der Waals surface area (Å²) in [4.78, 5) is 14.4. The monoisotopic (exact) mass is 446 g/mol. The van der Waals surface area contributed by atoms with E-state index in [2.05, 4.69) is 20.4 Å². The lowest BCUT2D eigenvalue weighted by Gasteiger charge is -2.26. The van der Waals surface area contributed by atoms with Crippen molar-refractivity contribution in [3.05, 3.63) is 58.6 Å². The molecule has 6 nitrogen and oxygen atoms in total. The summed E-state index contributed by atoms with van der Waals surface area (Å²) in [5.41, 5.74) is 1.63. The van der Waals surface area contributed by atoms with Gasteiger partial charge in [0.2, 0.25) is 0 Å². The molecule has 31 heavy (non-hydrogen) atoms. The molecule has 0 atom stereocenters. The molecule has 1 fully saturated rings. The first-order valence-electron chi connectivity index (χ1n) is 10.5. The predicted octanol–water partition coefficient (Wildman–Crippen LogP) is 4.07. The molecule has 2 aromatic carbocycles. The van der Waals surface area contributed by atoms with Gasteiger partial charge in [0.25, 0.3) is 5.56 Å². The maximum Gasteiger partial charge on any atom is 0.272 e. The van der Waals surface area contributed by atoms with E-state index in [4.69, 9.17) is 4.74 Å². The number of halogens is 2. The van der Waals surface area contributed by atoms with Gasteiger partial charge in [-0.3, -0.25) is 9.69 Å². The van der Waals surface area contributed by atoms with Crippen LogP contribution in [0.15, 0.2) is 47.3 Å². The molecule has 1 aromatic heterocycles. The summed E-state index contributed by atoms with van der Waals surface area (Å²) in [7, 11) is 0. The van der Waals surface area contributed by atoms with Crippen molar-refractivity contribution in [3.8, 4) is 11.3 Å². The zero-order valence-corrected chi connectivity index (χ0v) is 18.2. The van der Waals surface area contributed by atoms with Gasteiger partial charge in [-0.15, -0.1) is 12.4 Å². The fourth-order valence-electron chi connectivity index (χ4n) is 3.83. The third-order valence-corrected chi connectivity index (χ3v) is 5.51. The van der Waals surface area contributed by atoms with Gasteiger partial charge < -0.3 is 10.1 Å². The summed E-state index contributed by atoms with van der Waals surface area (Å²) in [6.45, 7) is 5.50. The van der Waals surface area contributed by atoms with Crippen molar-refractivity contribution in [1.29, 1.82) is 0 Å². The lowest BCUT2D eigenvalue weighted by Crippen LogP contribution is -2.36. The number of aromatic amines is 1. The second-order valence-corrected chi connectivity index (χ2v) is 7.58. The lowest BCUT2D eigenvalue weighted by molar-refractivity contribution is 0.0372. The number of ether oxygens (including phenoxy) is 1. The van der Waals surface area contributed by atoms with Gasteiger partial charge in [-0.25, -0.2) is 9.49 Å². The Balaban J connectivity index is 0.00000272. The maximum absolute atomic E-state index is 14.3. The minimum absolute atomic E-state index is 0. The van der Waals surface area contributed by atoms with Crippen LogP contribution in [-0.2, 0) is 4.74 Å². The minimum Gasteiger partial charge on any atom is -0.383 e. The molecule has 2 heterocycles. The number of hydrogen-bond donors (Lipinski definition) is 2. The normalized spacial score (nSPS) is 14.4. The van der Waals surface area contributed by atoms with Crippen molar-refractivity contribution in [1.82, 2.24) is 15.1 Å². The van der Waals surface area contributed by atoms with Crippen molar-refractivity contribution in [2.45, 2.75) is 19.3 Å². The lowest BCUT2D eigenvalue weighted by atomic mass is 10.0. The van der Waals surface area contributed by atoms with Crippen LogP contribution in [0.1, 0.15) is 19.3 Å². The zero-order valence-electron chi connectivity index (χ0n) is 17.4.